The quantitative estimate of drug-likeness (QED) is 0.812. The smallest absolute Gasteiger partial charge is 0.0705 e. The second-order valence-electron chi connectivity index (χ2n) is 6.72. The van der Waals surface area contributed by atoms with Crippen molar-refractivity contribution in [1.29, 1.82) is 0 Å². The Morgan fingerprint density at radius 3 is 2.86 bits per heavy atom. The highest BCUT2D eigenvalue weighted by Gasteiger charge is 2.30. The number of rotatable bonds is 2. The summed E-state index contributed by atoms with van der Waals surface area (Å²) in [5.74, 6) is 0.861. The topological polar surface area (TPSA) is 38.9 Å². The lowest BCUT2D eigenvalue weighted by Gasteiger charge is -2.29. The number of nitrogens with zero attached hydrogens (tertiary/aromatic N) is 1. The molecule has 0 amide bonds. The number of fused-ring (bicyclic) bond motifs is 1. The molecule has 2 atom stereocenters. The monoisotopic (exact) mass is 282 g/mol. The molecule has 3 rings (SSSR count). The average molecular weight is 282 g/mol. The number of benzene rings is 1. The third kappa shape index (κ3) is 2.96. The van der Waals surface area contributed by atoms with Gasteiger partial charge in [0.1, 0.15) is 0 Å². The molecule has 2 aromatic rings. The van der Waals surface area contributed by atoms with Crippen LogP contribution in [0, 0.1) is 12.8 Å². The molecule has 2 heteroatoms. The number of hydrogen-bond donors (Lipinski definition) is 1. The standard InChI is InChI=1S/C19H26N2/c1-3-15-5-4-11-19(20,12-10-15)17-8-9-18-16(13-17)7-6-14(2)21-18/h6-9,13,15H,3-5,10-12,20H2,1-2H3. The van der Waals surface area contributed by atoms with Crippen LogP contribution in [0.2, 0.25) is 0 Å². The molecule has 0 saturated heterocycles. The maximum atomic E-state index is 6.80. The van der Waals surface area contributed by atoms with Crippen LogP contribution in [0.4, 0.5) is 0 Å². The Labute approximate surface area is 127 Å². The molecule has 1 saturated carbocycles. The minimum Gasteiger partial charge on any atom is -0.321 e. The van der Waals surface area contributed by atoms with E-state index in [-0.39, 0.29) is 5.54 Å². The first-order valence-corrected chi connectivity index (χ1v) is 8.27. The number of hydrogen-bond acceptors (Lipinski definition) is 2. The summed E-state index contributed by atoms with van der Waals surface area (Å²) in [6, 6.07) is 10.8. The zero-order valence-corrected chi connectivity index (χ0v) is 13.2. The van der Waals surface area contributed by atoms with Crippen LogP contribution >= 0.6 is 0 Å². The maximum absolute atomic E-state index is 6.80. The van der Waals surface area contributed by atoms with E-state index in [0.717, 1.165) is 30.0 Å². The van der Waals surface area contributed by atoms with Gasteiger partial charge in [0, 0.05) is 16.6 Å². The van der Waals surface area contributed by atoms with Gasteiger partial charge in [0.15, 0.2) is 0 Å². The van der Waals surface area contributed by atoms with Crippen molar-refractivity contribution in [3.8, 4) is 0 Å². The zero-order chi connectivity index (χ0) is 14.9. The first-order chi connectivity index (χ1) is 10.1. The van der Waals surface area contributed by atoms with E-state index in [2.05, 4.69) is 42.2 Å². The molecule has 1 heterocycles. The molecule has 1 aromatic carbocycles. The van der Waals surface area contributed by atoms with E-state index in [4.69, 9.17) is 5.73 Å². The van der Waals surface area contributed by atoms with E-state index < -0.39 is 0 Å². The molecule has 2 N–H and O–H groups in total. The molecule has 0 aliphatic heterocycles. The van der Waals surface area contributed by atoms with Crippen molar-refractivity contribution < 1.29 is 0 Å². The van der Waals surface area contributed by atoms with Crippen LogP contribution in [0.15, 0.2) is 30.3 Å². The van der Waals surface area contributed by atoms with Gasteiger partial charge in [-0.25, -0.2) is 0 Å². The van der Waals surface area contributed by atoms with E-state index in [0.29, 0.717) is 0 Å². The summed E-state index contributed by atoms with van der Waals surface area (Å²) in [5.41, 5.74) is 10.1. The Kier molecular flexibility index (Phi) is 3.99. The van der Waals surface area contributed by atoms with Crippen LogP contribution in [0.25, 0.3) is 10.9 Å². The van der Waals surface area contributed by atoms with Crippen molar-refractivity contribution in [1.82, 2.24) is 4.98 Å². The highest BCUT2D eigenvalue weighted by molar-refractivity contribution is 5.79. The highest BCUT2D eigenvalue weighted by Crippen LogP contribution is 2.37. The van der Waals surface area contributed by atoms with Crippen LogP contribution in [-0.4, -0.2) is 4.98 Å². The number of nitrogens with two attached hydrogens (primary N) is 1. The molecule has 0 spiro atoms. The molecule has 2 nitrogen and oxygen atoms in total. The number of pyridine rings is 1. The van der Waals surface area contributed by atoms with Crippen LogP contribution in [-0.2, 0) is 5.54 Å². The maximum Gasteiger partial charge on any atom is 0.0705 e. The second kappa shape index (κ2) is 5.76. The summed E-state index contributed by atoms with van der Waals surface area (Å²) >= 11 is 0. The molecule has 2 unspecified atom stereocenters. The van der Waals surface area contributed by atoms with Crippen molar-refractivity contribution >= 4 is 10.9 Å². The Hall–Kier alpha value is -1.41. The van der Waals surface area contributed by atoms with Crippen molar-refractivity contribution in [3.05, 3.63) is 41.6 Å². The van der Waals surface area contributed by atoms with Gasteiger partial charge >= 0.3 is 0 Å². The zero-order valence-electron chi connectivity index (χ0n) is 13.2. The van der Waals surface area contributed by atoms with Crippen molar-refractivity contribution in [2.75, 3.05) is 0 Å². The van der Waals surface area contributed by atoms with Gasteiger partial charge in [0.2, 0.25) is 0 Å². The number of aromatic nitrogens is 1. The lowest BCUT2D eigenvalue weighted by molar-refractivity contribution is 0.372. The third-order valence-corrected chi connectivity index (χ3v) is 5.21. The summed E-state index contributed by atoms with van der Waals surface area (Å²) in [6.45, 7) is 4.34. The average Bonchev–Trinajstić information content (AvgIpc) is 2.69. The SMILES string of the molecule is CCC1CCCC(N)(c2ccc3nc(C)ccc3c2)CC1. The fourth-order valence-corrected chi connectivity index (χ4v) is 3.67. The minimum atomic E-state index is -0.150. The molecule has 1 fully saturated rings. The van der Waals surface area contributed by atoms with E-state index in [9.17, 15) is 0 Å². The first-order valence-electron chi connectivity index (χ1n) is 8.27. The summed E-state index contributed by atoms with van der Waals surface area (Å²) in [7, 11) is 0. The van der Waals surface area contributed by atoms with Gasteiger partial charge in [0.25, 0.3) is 0 Å². The molecule has 0 bridgehead atoms. The summed E-state index contributed by atoms with van der Waals surface area (Å²) < 4.78 is 0. The summed E-state index contributed by atoms with van der Waals surface area (Å²) in [4.78, 5) is 4.59. The fourth-order valence-electron chi connectivity index (χ4n) is 3.67. The normalized spacial score (nSPS) is 26.7. The van der Waals surface area contributed by atoms with Crippen LogP contribution < -0.4 is 5.73 Å². The molecule has 1 aliphatic carbocycles. The second-order valence-corrected chi connectivity index (χ2v) is 6.72. The van der Waals surface area contributed by atoms with E-state index in [1.165, 1.54) is 36.6 Å². The van der Waals surface area contributed by atoms with E-state index in [1.807, 2.05) is 6.92 Å². The van der Waals surface area contributed by atoms with Gasteiger partial charge in [0.05, 0.1) is 5.52 Å². The minimum absolute atomic E-state index is 0.150. The first kappa shape index (κ1) is 14.5. The molecule has 1 aliphatic rings. The number of aryl methyl sites for hydroxylation is 1. The van der Waals surface area contributed by atoms with Crippen LogP contribution in [0.1, 0.15) is 56.7 Å². The van der Waals surface area contributed by atoms with Gasteiger partial charge in [-0.15, -0.1) is 0 Å². The summed E-state index contributed by atoms with van der Waals surface area (Å²) in [6.07, 6.45) is 7.35. The van der Waals surface area contributed by atoms with Crippen LogP contribution in [0.3, 0.4) is 0 Å². The van der Waals surface area contributed by atoms with Gasteiger partial charge in [-0.3, -0.25) is 4.98 Å². The lowest BCUT2D eigenvalue weighted by Crippen LogP contribution is -2.36. The molecule has 21 heavy (non-hydrogen) atoms. The Morgan fingerprint density at radius 2 is 2.05 bits per heavy atom. The van der Waals surface area contributed by atoms with Gasteiger partial charge in [-0.1, -0.05) is 38.3 Å². The van der Waals surface area contributed by atoms with Crippen molar-refractivity contribution in [3.63, 3.8) is 0 Å². The van der Waals surface area contributed by atoms with Gasteiger partial charge in [-0.05, 0) is 55.9 Å². The predicted octanol–water partition coefficient (Wildman–Crippen LogP) is 4.69. The predicted molar refractivity (Wildman–Crippen MR) is 89.2 cm³/mol. The third-order valence-electron chi connectivity index (χ3n) is 5.21. The van der Waals surface area contributed by atoms with E-state index in [1.54, 1.807) is 0 Å². The Balaban J connectivity index is 1.93. The molecule has 112 valence electrons. The fraction of sp³-hybridized carbons (Fsp3) is 0.526. The Morgan fingerprint density at radius 1 is 1.19 bits per heavy atom. The molecule has 1 aromatic heterocycles. The van der Waals surface area contributed by atoms with Crippen molar-refractivity contribution in [2.45, 2.75) is 57.9 Å². The van der Waals surface area contributed by atoms with Gasteiger partial charge in [-0.2, -0.15) is 0 Å². The summed E-state index contributed by atoms with van der Waals surface area (Å²) in [5, 5.41) is 1.21. The van der Waals surface area contributed by atoms with E-state index >= 15 is 0 Å². The molecular formula is C19H26N2. The molecule has 0 radical (unpaired) electrons. The van der Waals surface area contributed by atoms with Crippen molar-refractivity contribution in [2.24, 2.45) is 11.7 Å². The largest absolute Gasteiger partial charge is 0.321 e. The molecular weight excluding hydrogens is 256 g/mol. The highest BCUT2D eigenvalue weighted by atomic mass is 14.7. The van der Waals surface area contributed by atoms with Crippen LogP contribution in [0.5, 0.6) is 0 Å². The lowest BCUT2D eigenvalue weighted by atomic mass is 9.83. The van der Waals surface area contributed by atoms with Gasteiger partial charge < -0.3 is 5.73 Å². The Bertz CT molecular complexity index is 634.